The van der Waals surface area contributed by atoms with Gasteiger partial charge in [0.15, 0.2) is 5.78 Å². The van der Waals surface area contributed by atoms with E-state index in [1.54, 1.807) is 46.6 Å². The van der Waals surface area contributed by atoms with Crippen molar-refractivity contribution in [1.29, 1.82) is 0 Å². The first kappa shape index (κ1) is 24.9. The maximum atomic E-state index is 13.9. The quantitative estimate of drug-likeness (QED) is 0.268. The van der Waals surface area contributed by atoms with Gasteiger partial charge in [0.2, 0.25) is 0 Å². The number of benzene rings is 3. The third-order valence-electron chi connectivity index (χ3n) is 7.13. The van der Waals surface area contributed by atoms with E-state index in [0.717, 1.165) is 22.3 Å². The van der Waals surface area contributed by atoms with Gasteiger partial charge in [0, 0.05) is 29.9 Å². The fraction of sp³-hybridized carbons (Fsp3) is 0.200. The number of aryl methyl sites for hydroxylation is 1. The maximum Gasteiger partial charge on any atom is 0.333 e. The zero-order valence-electron chi connectivity index (χ0n) is 21.4. The summed E-state index contributed by atoms with van der Waals surface area (Å²) >= 11 is 6.19. The Balaban J connectivity index is 1.43. The third kappa shape index (κ3) is 4.68. The lowest BCUT2D eigenvalue weighted by molar-refractivity contribution is 0.0974. The zero-order chi connectivity index (χ0) is 26.9. The van der Waals surface area contributed by atoms with Crippen LogP contribution >= 0.6 is 11.6 Å². The van der Waals surface area contributed by atoms with E-state index >= 15 is 0 Å². The first-order chi connectivity index (χ1) is 19.0. The molecule has 1 aliphatic rings. The van der Waals surface area contributed by atoms with E-state index in [1.807, 2.05) is 42.5 Å². The smallest absolute Gasteiger partial charge is 0.333 e. The highest BCUT2D eigenvalue weighted by molar-refractivity contribution is 6.31. The molecule has 9 heteroatoms. The normalized spacial score (nSPS) is 12.9. The Hall–Kier alpha value is -4.43. The molecule has 0 aliphatic carbocycles. The second-order valence-corrected chi connectivity index (χ2v) is 9.89. The van der Waals surface area contributed by atoms with Crippen LogP contribution in [-0.4, -0.2) is 38.5 Å². The van der Waals surface area contributed by atoms with Crippen LogP contribution in [0.15, 0.2) is 83.9 Å². The summed E-state index contributed by atoms with van der Waals surface area (Å²) in [5.41, 5.74) is 3.31. The number of hydrogen-bond donors (Lipinski definition) is 0. The summed E-state index contributed by atoms with van der Waals surface area (Å²) in [7, 11) is 1.59. The number of Topliss-reactive ketones (excluding diaryl/α,β-unsaturated/α-hetero) is 1. The van der Waals surface area contributed by atoms with Gasteiger partial charge in [-0.05, 0) is 54.4 Å². The average Bonchev–Trinajstić information content (AvgIpc) is 3.27. The van der Waals surface area contributed by atoms with Crippen molar-refractivity contribution in [2.75, 3.05) is 18.6 Å². The number of carbonyl (C=O) groups is 1. The number of hydrogen-bond acceptors (Lipinski definition) is 6. The standard InChI is InChI=1S/C30H26ClN5O3/c1-39-23-11-9-22(10-12-23)36-28(27(37)14-7-20-5-3-2-4-6-20)26-18-34(15-16-35(26)30(36)38)29-24-13-8-21(31)17-25(24)32-19-33-29/h2-6,8-13,17,19H,7,14-16,18H2,1H3. The zero-order valence-corrected chi connectivity index (χ0v) is 22.1. The molecule has 0 saturated carbocycles. The Morgan fingerprint density at radius 2 is 1.79 bits per heavy atom. The molecule has 3 heterocycles. The lowest BCUT2D eigenvalue weighted by Crippen LogP contribution is -2.38. The molecule has 0 unspecified atom stereocenters. The number of carbonyl (C=O) groups excluding carboxylic acids is 1. The van der Waals surface area contributed by atoms with Crippen molar-refractivity contribution in [2.45, 2.75) is 25.9 Å². The molecule has 0 bridgehead atoms. The third-order valence-corrected chi connectivity index (χ3v) is 7.37. The molecule has 1 aliphatic heterocycles. The van der Waals surface area contributed by atoms with Gasteiger partial charge in [-0.15, -0.1) is 0 Å². The van der Waals surface area contributed by atoms with E-state index in [4.69, 9.17) is 16.3 Å². The second kappa shape index (κ2) is 10.4. The molecule has 0 fully saturated rings. The number of imidazole rings is 1. The number of ether oxygens (including phenoxy) is 1. The molecule has 0 atom stereocenters. The minimum absolute atomic E-state index is 0.0818. The van der Waals surface area contributed by atoms with E-state index in [2.05, 4.69) is 14.9 Å². The van der Waals surface area contributed by atoms with Crippen LogP contribution in [0.3, 0.4) is 0 Å². The Morgan fingerprint density at radius 3 is 2.56 bits per heavy atom. The van der Waals surface area contributed by atoms with Crippen molar-refractivity contribution in [1.82, 2.24) is 19.1 Å². The highest BCUT2D eigenvalue weighted by Gasteiger charge is 2.31. The summed E-state index contributed by atoms with van der Waals surface area (Å²) in [6, 6.07) is 22.6. The van der Waals surface area contributed by atoms with Crippen molar-refractivity contribution >= 4 is 34.1 Å². The van der Waals surface area contributed by atoms with E-state index in [1.165, 1.54) is 6.33 Å². The number of rotatable bonds is 7. The number of anilines is 1. The summed E-state index contributed by atoms with van der Waals surface area (Å²) < 4.78 is 8.56. The van der Waals surface area contributed by atoms with Crippen LogP contribution < -0.4 is 15.3 Å². The van der Waals surface area contributed by atoms with Crippen molar-refractivity contribution in [2.24, 2.45) is 0 Å². The molecule has 39 heavy (non-hydrogen) atoms. The number of nitrogens with zero attached hydrogens (tertiary/aromatic N) is 5. The van der Waals surface area contributed by atoms with Crippen molar-refractivity contribution in [3.63, 3.8) is 0 Å². The van der Waals surface area contributed by atoms with E-state index in [9.17, 15) is 9.59 Å². The van der Waals surface area contributed by atoms with Crippen LogP contribution in [0.5, 0.6) is 5.75 Å². The fourth-order valence-electron chi connectivity index (χ4n) is 5.19. The number of methoxy groups -OCH3 is 1. The van der Waals surface area contributed by atoms with Crippen molar-refractivity contribution in [3.05, 3.63) is 112 Å². The first-order valence-corrected chi connectivity index (χ1v) is 13.1. The Kier molecular flexibility index (Phi) is 6.62. The Bertz CT molecular complexity index is 1730. The molecule has 0 saturated heterocycles. The predicted molar refractivity (Wildman–Crippen MR) is 151 cm³/mol. The van der Waals surface area contributed by atoms with Gasteiger partial charge in [-0.1, -0.05) is 41.9 Å². The molecule has 0 amide bonds. The van der Waals surface area contributed by atoms with Crippen LogP contribution in [0.1, 0.15) is 28.2 Å². The predicted octanol–water partition coefficient (Wildman–Crippen LogP) is 5.08. The van der Waals surface area contributed by atoms with Crippen molar-refractivity contribution in [3.8, 4) is 11.4 Å². The van der Waals surface area contributed by atoms with Gasteiger partial charge in [-0.3, -0.25) is 13.9 Å². The van der Waals surface area contributed by atoms with Crippen LogP contribution in [-0.2, 0) is 19.5 Å². The number of fused-ring (bicyclic) bond motifs is 2. The highest BCUT2D eigenvalue weighted by Crippen LogP contribution is 2.30. The molecule has 2 aromatic heterocycles. The highest BCUT2D eigenvalue weighted by atomic mass is 35.5. The average molecular weight is 540 g/mol. The number of aromatic nitrogens is 4. The van der Waals surface area contributed by atoms with Gasteiger partial charge in [-0.25, -0.2) is 14.8 Å². The van der Waals surface area contributed by atoms with Crippen LogP contribution in [0.4, 0.5) is 5.82 Å². The molecular formula is C30H26ClN5O3. The molecule has 8 nitrogen and oxygen atoms in total. The summed E-state index contributed by atoms with van der Waals surface area (Å²) in [4.78, 5) is 38.6. The molecular weight excluding hydrogens is 514 g/mol. The second-order valence-electron chi connectivity index (χ2n) is 9.45. The topological polar surface area (TPSA) is 82.2 Å². The molecule has 3 aromatic carbocycles. The van der Waals surface area contributed by atoms with Gasteiger partial charge >= 0.3 is 5.69 Å². The molecule has 6 rings (SSSR count). The largest absolute Gasteiger partial charge is 0.497 e. The first-order valence-electron chi connectivity index (χ1n) is 12.7. The van der Waals surface area contributed by atoms with Gasteiger partial charge in [0.05, 0.1) is 30.6 Å². The lowest BCUT2D eigenvalue weighted by Gasteiger charge is -2.30. The number of halogens is 1. The Morgan fingerprint density at radius 1 is 1.00 bits per heavy atom. The van der Waals surface area contributed by atoms with Crippen LogP contribution in [0.25, 0.3) is 16.6 Å². The van der Waals surface area contributed by atoms with E-state index in [-0.39, 0.29) is 17.9 Å². The van der Waals surface area contributed by atoms with Crippen LogP contribution in [0, 0.1) is 0 Å². The number of ketones is 1. The lowest BCUT2D eigenvalue weighted by atomic mass is 10.0. The summed E-state index contributed by atoms with van der Waals surface area (Å²) in [6.07, 6.45) is 2.39. The summed E-state index contributed by atoms with van der Waals surface area (Å²) in [6.45, 7) is 1.35. The van der Waals surface area contributed by atoms with Gasteiger partial charge in [-0.2, -0.15) is 0 Å². The minimum atomic E-state index is -0.225. The SMILES string of the molecule is COc1ccc(-n2c(C(=O)CCc3ccccc3)c3n(c2=O)CCN(c2ncnc4cc(Cl)ccc24)C3)cc1. The molecule has 196 valence electrons. The molecule has 0 radical (unpaired) electrons. The van der Waals surface area contributed by atoms with Crippen molar-refractivity contribution < 1.29 is 9.53 Å². The van der Waals surface area contributed by atoms with Gasteiger partial charge in [0.25, 0.3) is 0 Å². The van der Waals surface area contributed by atoms with E-state index < -0.39 is 0 Å². The summed E-state index contributed by atoms with van der Waals surface area (Å²) in [5.74, 6) is 1.34. The van der Waals surface area contributed by atoms with E-state index in [0.29, 0.717) is 53.9 Å². The minimum Gasteiger partial charge on any atom is -0.497 e. The Labute approximate surface area is 230 Å². The fourth-order valence-corrected chi connectivity index (χ4v) is 5.35. The monoisotopic (exact) mass is 539 g/mol. The molecule has 0 N–H and O–H groups in total. The molecule has 5 aromatic rings. The van der Waals surface area contributed by atoms with Gasteiger partial charge < -0.3 is 9.64 Å². The summed E-state index contributed by atoms with van der Waals surface area (Å²) in [5, 5.41) is 1.46. The maximum absolute atomic E-state index is 13.9. The van der Waals surface area contributed by atoms with Crippen LogP contribution in [0.2, 0.25) is 5.02 Å². The van der Waals surface area contributed by atoms with Gasteiger partial charge in [0.1, 0.15) is 23.6 Å². The molecule has 0 spiro atoms.